The molecule has 4 N–H and O–H groups in total. The number of aliphatic imine (C=N–C) groups is 1. The Balaban J connectivity index is 3.01. The summed E-state index contributed by atoms with van der Waals surface area (Å²) in [6.45, 7) is -0.962. The molecule has 0 saturated heterocycles. The Kier molecular flexibility index (Phi) is 6.51. The van der Waals surface area contributed by atoms with Crippen LogP contribution in [0.4, 0.5) is 17.6 Å². The van der Waals surface area contributed by atoms with E-state index < -0.39 is 47.5 Å². The van der Waals surface area contributed by atoms with Crippen molar-refractivity contribution in [3.63, 3.8) is 0 Å². The summed E-state index contributed by atoms with van der Waals surface area (Å²) in [5, 5.41) is -0.249. The van der Waals surface area contributed by atoms with Crippen LogP contribution in [0.15, 0.2) is 34.5 Å². The SMILES string of the molecule is CN=C(N)C(C(=O)OCC(=O)c1ccc(F)cc1Cl)=C(N)C(F)(F)F. The molecule has 1 rings (SSSR count). The zero-order valence-corrected chi connectivity index (χ0v) is 13.4. The minimum absolute atomic E-state index is 0.178. The zero-order valence-electron chi connectivity index (χ0n) is 12.7. The quantitative estimate of drug-likeness (QED) is 0.202. The van der Waals surface area contributed by atoms with E-state index in [2.05, 4.69) is 9.73 Å². The van der Waals surface area contributed by atoms with Crippen LogP contribution in [0.5, 0.6) is 0 Å². The van der Waals surface area contributed by atoms with Crippen LogP contribution in [0.25, 0.3) is 0 Å². The average molecular weight is 382 g/mol. The summed E-state index contributed by atoms with van der Waals surface area (Å²) in [6, 6.07) is 2.83. The zero-order chi connectivity index (χ0) is 19.4. The molecule has 25 heavy (non-hydrogen) atoms. The maximum Gasteiger partial charge on any atom is 0.431 e. The van der Waals surface area contributed by atoms with Crippen molar-refractivity contribution in [2.75, 3.05) is 13.7 Å². The molecule has 0 aliphatic rings. The molecule has 0 bridgehead atoms. The lowest BCUT2D eigenvalue weighted by Gasteiger charge is -2.13. The minimum Gasteiger partial charge on any atom is -0.454 e. The van der Waals surface area contributed by atoms with Crippen molar-refractivity contribution in [2.24, 2.45) is 16.5 Å². The van der Waals surface area contributed by atoms with Gasteiger partial charge in [-0.1, -0.05) is 11.6 Å². The van der Waals surface area contributed by atoms with Crippen molar-refractivity contribution in [2.45, 2.75) is 6.18 Å². The number of halogens is 5. The fraction of sp³-hybridized carbons (Fsp3) is 0.214. The number of hydrogen-bond acceptors (Lipinski definition) is 5. The number of benzene rings is 1. The molecule has 0 amide bonds. The van der Waals surface area contributed by atoms with Gasteiger partial charge in [0.2, 0.25) is 5.78 Å². The summed E-state index contributed by atoms with van der Waals surface area (Å²) in [5.74, 6) is -3.97. The van der Waals surface area contributed by atoms with Gasteiger partial charge in [-0.3, -0.25) is 9.79 Å². The highest BCUT2D eigenvalue weighted by Gasteiger charge is 2.38. The van der Waals surface area contributed by atoms with Crippen LogP contribution in [0.3, 0.4) is 0 Å². The summed E-state index contributed by atoms with van der Waals surface area (Å²) in [4.78, 5) is 27.0. The van der Waals surface area contributed by atoms with Gasteiger partial charge in [0.25, 0.3) is 0 Å². The molecule has 0 aliphatic heterocycles. The summed E-state index contributed by atoms with van der Waals surface area (Å²) in [7, 11) is 1.04. The van der Waals surface area contributed by atoms with Crippen molar-refractivity contribution in [3.8, 4) is 0 Å². The standard InChI is InChI=1S/C14H12ClF4N3O3/c1-22-12(21)10(11(20)14(17,18)19)13(24)25-5-9(23)7-3-2-6(16)4-8(7)15/h2-4H,5,20H2,1H3,(H2,21,22). The monoisotopic (exact) mass is 381 g/mol. The predicted octanol–water partition coefficient (Wildman–Crippen LogP) is 1.97. The number of alkyl halides is 3. The van der Waals surface area contributed by atoms with Gasteiger partial charge in [-0.2, -0.15) is 13.2 Å². The van der Waals surface area contributed by atoms with Crippen LogP contribution in [0, 0.1) is 5.82 Å². The fourth-order valence-electron chi connectivity index (χ4n) is 1.60. The van der Waals surface area contributed by atoms with E-state index in [1.165, 1.54) is 0 Å². The Bertz CT molecular complexity index is 760. The van der Waals surface area contributed by atoms with Gasteiger partial charge in [0.15, 0.2) is 6.61 Å². The molecule has 1 aromatic carbocycles. The van der Waals surface area contributed by atoms with E-state index in [0.717, 1.165) is 25.2 Å². The number of hydrogen-bond donors (Lipinski definition) is 2. The number of nitrogens with zero attached hydrogens (tertiary/aromatic N) is 1. The van der Waals surface area contributed by atoms with Crippen molar-refractivity contribution in [1.29, 1.82) is 0 Å². The van der Waals surface area contributed by atoms with E-state index in [4.69, 9.17) is 23.1 Å². The van der Waals surface area contributed by atoms with E-state index in [1.54, 1.807) is 0 Å². The second-order valence-corrected chi connectivity index (χ2v) is 4.93. The third-order valence-corrected chi connectivity index (χ3v) is 3.15. The Morgan fingerprint density at radius 3 is 2.36 bits per heavy atom. The van der Waals surface area contributed by atoms with Crippen LogP contribution in [-0.4, -0.2) is 37.4 Å². The maximum atomic E-state index is 12.9. The van der Waals surface area contributed by atoms with E-state index >= 15 is 0 Å². The lowest BCUT2D eigenvalue weighted by atomic mass is 10.1. The summed E-state index contributed by atoms with van der Waals surface area (Å²) >= 11 is 5.67. The first-order chi connectivity index (χ1) is 11.5. The van der Waals surface area contributed by atoms with Crippen molar-refractivity contribution >= 4 is 29.2 Å². The second kappa shape index (κ2) is 7.97. The molecular formula is C14H12ClF4N3O3. The van der Waals surface area contributed by atoms with Crippen LogP contribution >= 0.6 is 11.6 Å². The number of carbonyl (C=O) groups is 2. The van der Waals surface area contributed by atoms with Gasteiger partial charge in [-0.15, -0.1) is 0 Å². The molecule has 1 aromatic rings. The number of rotatable bonds is 5. The molecule has 0 unspecified atom stereocenters. The topological polar surface area (TPSA) is 108 Å². The maximum absolute atomic E-state index is 12.9. The first kappa shape index (κ1) is 20.4. The van der Waals surface area contributed by atoms with Crippen molar-refractivity contribution in [1.82, 2.24) is 0 Å². The molecular weight excluding hydrogens is 370 g/mol. The Hall–Kier alpha value is -2.62. The van der Waals surface area contributed by atoms with Gasteiger partial charge in [-0.25, -0.2) is 9.18 Å². The van der Waals surface area contributed by atoms with Gasteiger partial charge in [0, 0.05) is 12.6 Å². The number of Topliss-reactive ketones (excluding diaryl/α,β-unsaturated/α-hetero) is 1. The van der Waals surface area contributed by atoms with E-state index in [-0.39, 0.29) is 10.6 Å². The molecule has 136 valence electrons. The van der Waals surface area contributed by atoms with Crippen LogP contribution in [-0.2, 0) is 9.53 Å². The average Bonchev–Trinajstić information content (AvgIpc) is 2.51. The van der Waals surface area contributed by atoms with E-state index in [9.17, 15) is 27.2 Å². The number of amidine groups is 1. The lowest BCUT2D eigenvalue weighted by molar-refractivity contribution is -0.138. The molecule has 0 spiro atoms. The normalized spacial score (nSPS) is 13.3. The van der Waals surface area contributed by atoms with Gasteiger partial charge in [0.05, 0.1) is 5.02 Å². The molecule has 0 atom stereocenters. The molecule has 6 nitrogen and oxygen atoms in total. The highest BCUT2D eigenvalue weighted by Crippen LogP contribution is 2.25. The second-order valence-electron chi connectivity index (χ2n) is 4.52. The number of esters is 1. The molecule has 0 radical (unpaired) electrons. The van der Waals surface area contributed by atoms with E-state index in [0.29, 0.717) is 0 Å². The largest absolute Gasteiger partial charge is 0.454 e. The van der Waals surface area contributed by atoms with Gasteiger partial charge in [0.1, 0.15) is 22.9 Å². The summed E-state index contributed by atoms with van der Waals surface area (Å²) in [5.41, 5.74) is 6.91. The Labute approximate surface area is 144 Å². The van der Waals surface area contributed by atoms with Gasteiger partial charge in [-0.05, 0) is 18.2 Å². The number of carbonyl (C=O) groups excluding carboxylic acids is 2. The highest BCUT2D eigenvalue weighted by molar-refractivity contribution is 6.34. The lowest BCUT2D eigenvalue weighted by Crippen LogP contribution is -2.33. The summed E-state index contributed by atoms with van der Waals surface area (Å²) < 4.78 is 55.5. The number of ketones is 1. The third kappa shape index (κ3) is 5.18. The van der Waals surface area contributed by atoms with Crippen molar-refractivity contribution in [3.05, 3.63) is 45.9 Å². The van der Waals surface area contributed by atoms with Crippen LogP contribution in [0.1, 0.15) is 10.4 Å². The Morgan fingerprint density at radius 2 is 1.88 bits per heavy atom. The highest BCUT2D eigenvalue weighted by atomic mass is 35.5. The number of nitrogens with two attached hydrogens (primary N) is 2. The predicted molar refractivity (Wildman–Crippen MR) is 81.5 cm³/mol. The van der Waals surface area contributed by atoms with Gasteiger partial charge < -0.3 is 16.2 Å². The smallest absolute Gasteiger partial charge is 0.431 e. The van der Waals surface area contributed by atoms with E-state index in [1.807, 2.05) is 0 Å². The number of allylic oxidation sites excluding steroid dienone is 1. The van der Waals surface area contributed by atoms with Crippen LogP contribution < -0.4 is 11.5 Å². The van der Waals surface area contributed by atoms with Crippen molar-refractivity contribution < 1.29 is 31.9 Å². The number of ether oxygens (including phenoxy) is 1. The van der Waals surface area contributed by atoms with Crippen LogP contribution in [0.2, 0.25) is 5.02 Å². The molecule has 0 fully saturated rings. The molecule has 11 heteroatoms. The molecule has 0 heterocycles. The first-order valence-corrected chi connectivity index (χ1v) is 6.81. The van der Waals surface area contributed by atoms with Gasteiger partial charge >= 0.3 is 12.1 Å². The Morgan fingerprint density at radius 1 is 1.28 bits per heavy atom. The third-order valence-electron chi connectivity index (χ3n) is 2.84. The minimum atomic E-state index is -5.06. The molecule has 0 aromatic heterocycles. The summed E-state index contributed by atoms with van der Waals surface area (Å²) in [6.07, 6.45) is -5.06. The first-order valence-electron chi connectivity index (χ1n) is 6.44. The molecule has 0 saturated carbocycles. The molecule has 0 aliphatic carbocycles. The fourth-order valence-corrected chi connectivity index (χ4v) is 1.88.